The first-order chi connectivity index (χ1) is 7.89. The highest BCUT2D eigenvalue weighted by atomic mass is 16.6. The van der Waals surface area contributed by atoms with Crippen LogP contribution in [-0.4, -0.2) is 30.8 Å². The van der Waals surface area contributed by atoms with E-state index in [0.717, 1.165) is 19.4 Å². The van der Waals surface area contributed by atoms with Gasteiger partial charge < -0.3 is 15.4 Å². The van der Waals surface area contributed by atoms with Gasteiger partial charge in [0.15, 0.2) is 0 Å². The molecule has 1 atom stereocenters. The molecule has 0 rings (SSSR count). The maximum Gasteiger partial charge on any atom is 0.407 e. The smallest absolute Gasteiger partial charge is 0.407 e. The highest BCUT2D eigenvalue weighted by molar-refractivity contribution is 5.67. The van der Waals surface area contributed by atoms with E-state index in [2.05, 4.69) is 24.1 Å². The molecule has 0 aromatic carbocycles. The van der Waals surface area contributed by atoms with Crippen molar-refractivity contribution in [2.75, 3.05) is 13.1 Å². The van der Waals surface area contributed by atoms with Gasteiger partial charge in [-0.1, -0.05) is 13.0 Å². The van der Waals surface area contributed by atoms with Crippen molar-refractivity contribution < 1.29 is 9.53 Å². The molecule has 0 aromatic heterocycles. The summed E-state index contributed by atoms with van der Waals surface area (Å²) in [5.74, 6) is 0. The Hall–Kier alpha value is -1.03. The summed E-state index contributed by atoms with van der Waals surface area (Å²) >= 11 is 0. The third-order valence-corrected chi connectivity index (χ3v) is 2.17. The molecule has 0 bridgehead atoms. The minimum Gasteiger partial charge on any atom is -0.444 e. The molecule has 0 aliphatic heterocycles. The van der Waals surface area contributed by atoms with Crippen molar-refractivity contribution in [3.8, 4) is 0 Å². The molecule has 0 saturated heterocycles. The lowest BCUT2D eigenvalue weighted by atomic mass is 10.1. The van der Waals surface area contributed by atoms with Crippen LogP contribution in [0.15, 0.2) is 12.7 Å². The monoisotopic (exact) mass is 242 g/mol. The van der Waals surface area contributed by atoms with Gasteiger partial charge in [0.1, 0.15) is 5.60 Å². The van der Waals surface area contributed by atoms with Gasteiger partial charge in [-0.2, -0.15) is 0 Å². The van der Waals surface area contributed by atoms with Crippen molar-refractivity contribution in [1.82, 2.24) is 10.6 Å². The largest absolute Gasteiger partial charge is 0.444 e. The van der Waals surface area contributed by atoms with E-state index in [4.69, 9.17) is 4.74 Å². The average Bonchev–Trinajstić information content (AvgIpc) is 2.20. The third-order valence-electron chi connectivity index (χ3n) is 2.17. The first-order valence-electron chi connectivity index (χ1n) is 6.20. The molecule has 1 amide bonds. The van der Waals surface area contributed by atoms with Crippen LogP contribution in [-0.2, 0) is 4.74 Å². The minimum atomic E-state index is -0.438. The summed E-state index contributed by atoms with van der Waals surface area (Å²) in [6.07, 6.45) is 3.54. The molecule has 0 fully saturated rings. The molecule has 0 aliphatic rings. The van der Waals surface area contributed by atoms with Crippen LogP contribution in [0.4, 0.5) is 4.79 Å². The molecule has 4 heteroatoms. The summed E-state index contributed by atoms with van der Waals surface area (Å²) in [5, 5.41) is 6.06. The zero-order valence-corrected chi connectivity index (χ0v) is 11.5. The fraction of sp³-hybridized carbons (Fsp3) is 0.769. The first kappa shape index (κ1) is 16.0. The Bertz CT molecular complexity index is 234. The summed E-state index contributed by atoms with van der Waals surface area (Å²) in [7, 11) is 0. The number of nitrogens with one attached hydrogen (secondary N) is 2. The van der Waals surface area contributed by atoms with Crippen molar-refractivity contribution in [3.63, 3.8) is 0 Å². The standard InChI is InChI=1S/C13H26N2O2/c1-6-8-11(7-2)14-9-10-15-12(16)17-13(3,4)5/h6,11,14H,1,7-10H2,2-5H3,(H,15,16). The molecule has 100 valence electrons. The van der Waals surface area contributed by atoms with Crippen LogP contribution in [0.25, 0.3) is 0 Å². The number of alkyl carbamates (subject to hydrolysis) is 1. The zero-order chi connectivity index (χ0) is 13.3. The Labute approximate surface area is 105 Å². The molecule has 0 spiro atoms. The zero-order valence-electron chi connectivity index (χ0n) is 11.5. The molecule has 4 nitrogen and oxygen atoms in total. The molecular weight excluding hydrogens is 216 g/mol. The lowest BCUT2D eigenvalue weighted by Crippen LogP contribution is -2.39. The van der Waals surface area contributed by atoms with Gasteiger partial charge in [-0.15, -0.1) is 6.58 Å². The van der Waals surface area contributed by atoms with Crippen LogP contribution in [0.2, 0.25) is 0 Å². The van der Waals surface area contributed by atoms with E-state index in [1.807, 2.05) is 26.8 Å². The summed E-state index contributed by atoms with van der Waals surface area (Å²) in [6.45, 7) is 12.7. The van der Waals surface area contributed by atoms with Gasteiger partial charge in [0.25, 0.3) is 0 Å². The maximum atomic E-state index is 11.3. The van der Waals surface area contributed by atoms with E-state index in [0.29, 0.717) is 12.6 Å². The molecule has 0 aromatic rings. The number of hydrogen-bond donors (Lipinski definition) is 2. The molecule has 17 heavy (non-hydrogen) atoms. The van der Waals surface area contributed by atoms with Crippen LogP contribution in [0.1, 0.15) is 40.5 Å². The third kappa shape index (κ3) is 9.87. The second-order valence-electron chi connectivity index (χ2n) is 5.01. The maximum absolute atomic E-state index is 11.3. The van der Waals surface area contributed by atoms with Gasteiger partial charge in [-0.05, 0) is 33.6 Å². The SMILES string of the molecule is C=CCC(CC)NCCNC(=O)OC(C)(C)C. The van der Waals surface area contributed by atoms with E-state index in [1.54, 1.807) is 0 Å². The van der Waals surface area contributed by atoms with E-state index in [-0.39, 0.29) is 6.09 Å². The van der Waals surface area contributed by atoms with Crippen LogP contribution >= 0.6 is 0 Å². The Morgan fingerprint density at radius 2 is 2.06 bits per heavy atom. The van der Waals surface area contributed by atoms with E-state index >= 15 is 0 Å². The number of rotatable bonds is 7. The Morgan fingerprint density at radius 3 is 2.53 bits per heavy atom. The van der Waals surface area contributed by atoms with E-state index in [1.165, 1.54) is 0 Å². The van der Waals surface area contributed by atoms with Crippen LogP contribution in [0.5, 0.6) is 0 Å². The second-order valence-corrected chi connectivity index (χ2v) is 5.01. The molecule has 0 radical (unpaired) electrons. The van der Waals surface area contributed by atoms with Crippen molar-refractivity contribution in [2.24, 2.45) is 0 Å². The van der Waals surface area contributed by atoms with Gasteiger partial charge >= 0.3 is 6.09 Å². The molecule has 0 aliphatic carbocycles. The predicted molar refractivity (Wildman–Crippen MR) is 71.1 cm³/mol. The number of carbonyl (C=O) groups excluding carboxylic acids is 1. The molecule has 1 unspecified atom stereocenters. The topological polar surface area (TPSA) is 50.4 Å². The number of hydrogen-bond acceptors (Lipinski definition) is 3. The quantitative estimate of drug-likeness (QED) is 0.532. The van der Waals surface area contributed by atoms with Gasteiger partial charge in [-0.25, -0.2) is 4.79 Å². The van der Waals surface area contributed by atoms with Crippen molar-refractivity contribution in [3.05, 3.63) is 12.7 Å². The predicted octanol–water partition coefficient (Wildman–Crippen LogP) is 2.46. The lowest BCUT2D eigenvalue weighted by molar-refractivity contribution is 0.0528. The van der Waals surface area contributed by atoms with Crippen molar-refractivity contribution in [2.45, 2.75) is 52.2 Å². The number of carbonyl (C=O) groups is 1. The highest BCUT2D eigenvalue weighted by Crippen LogP contribution is 2.06. The Kier molecular flexibility index (Phi) is 7.63. The second kappa shape index (κ2) is 8.12. The Balaban J connectivity index is 3.63. The summed E-state index contributed by atoms with van der Waals surface area (Å²) in [5.41, 5.74) is -0.438. The van der Waals surface area contributed by atoms with Gasteiger partial charge in [0, 0.05) is 19.1 Å². The van der Waals surface area contributed by atoms with E-state index in [9.17, 15) is 4.79 Å². The normalized spacial score (nSPS) is 12.9. The van der Waals surface area contributed by atoms with Crippen molar-refractivity contribution in [1.29, 1.82) is 0 Å². The first-order valence-corrected chi connectivity index (χ1v) is 6.20. The average molecular weight is 242 g/mol. The number of ether oxygens (including phenoxy) is 1. The molecule has 2 N–H and O–H groups in total. The highest BCUT2D eigenvalue weighted by Gasteiger charge is 2.15. The van der Waals surface area contributed by atoms with E-state index < -0.39 is 5.60 Å². The van der Waals surface area contributed by atoms with Gasteiger partial charge in [0.05, 0.1) is 0 Å². The molecular formula is C13H26N2O2. The molecule has 0 saturated carbocycles. The van der Waals surface area contributed by atoms with Gasteiger partial charge in [-0.3, -0.25) is 0 Å². The van der Waals surface area contributed by atoms with Crippen LogP contribution in [0.3, 0.4) is 0 Å². The summed E-state index contributed by atoms with van der Waals surface area (Å²) < 4.78 is 5.12. The Morgan fingerprint density at radius 1 is 1.41 bits per heavy atom. The minimum absolute atomic E-state index is 0.365. The number of amides is 1. The summed E-state index contributed by atoms with van der Waals surface area (Å²) in [6, 6.07) is 0.438. The fourth-order valence-electron chi connectivity index (χ4n) is 1.35. The van der Waals surface area contributed by atoms with Gasteiger partial charge in [0.2, 0.25) is 0 Å². The van der Waals surface area contributed by atoms with Crippen molar-refractivity contribution >= 4 is 6.09 Å². The van der Waals surface area contributed by atoms with Crippen LogP contribution < -0.4 is 10.6 Å². The van der Waals surface area contributed by atoms with Crippen LogP contribution in [0, 0.1) is 0 Å². The molecule has 0 heterocycles. The summed E-state index contributed by atoms with van der Waals surface area (Å²) in [4.78, 5) is 11.3. The lowest BCUT2D eigenvalue weighted by Gasteiger charge is -2.20. The fourth-order valence-corrected chi connectivity index (χ4v) is 1.35.